The van der Waals surface area contributed by atoms with E-state index in [1.807, 2.05) is 0 Å². The molecule has 68 valence electrons. The molecule has 1 heteroatoms. The van der Waals surface area contributed by atoms with Crippen molar-refractivity contribution < 1.29 is 0 Å². The molecule has 0 spiro atoms. The summed E-state index contributed by atoms with van der Waals surface area (Å²) in [5.41, 5.74) is 2.89. The number of hydrogen-bond acceptors (Lipinski definition) is 1. The van der Waals surface area contributed by atoms with Gasteiger partial charge in [0, 0.05) is 12.6 Å². The fourth-order valence-electron chi connectivity index (χ4n) is 1.77. The molecule has 1 aromatic rings. The van der Waals surface area contributed by atoms with Crippen molar-refractivity contribution in [1.29, 1.82) is 0 Å². The Morgan fingerprint density at radius 1 is 1.23 bits per heavy atom. The van der Waals surface area contributed by atoms with E-state index < -0.39 is 0 Å². The highest BCUT2D eigenvalue weighted by Crippen LogP contribution is 2.22. The molecule has 0 aromatic heterocycles. The van der Waals surface area contributed by atoms with Crippen LogP contribution in [0.15, 0.2) is 42.0 Å². The van der Waals surface area contributed by atoms with Crippen molar-refractivity contribution in [2.24, 2.45) is 0 Å². The molecule has 2 rings (SSSR count). The highest BCUT2D eigenvalue weighted by molar-refractivity contribution is 5.22. The van der Waals surface area contributed by atoms with Crippen LogP contribution in [0.1, 0.15) is 24.9 Å². The first-order chi connectivity index (χ1) is 6.36. The van der Waals surface area contributed by atoms with E-state index in [1.165, 1.54) is 11.1 Å². The van der Waals surface area contributed by atoms with E-state index in [2.05, 4.69) is 48.6 Å². The fraction of sp³-hybridized carbons (Fsp3) is 0.333. The van der Waals surface area contributed by atoms with Crippen molar-refractivity contribution in [2.45, 2.75) is 19.4 Å². The molecule has 1 nitrogen and oxygen atoms in total. The van der Waals surface area contributed by atoms with E-state index in [1.54, 1.807) is 0 Å². The average Bonchev–Trinajstić information content (AvgIpc) is 2.19. The van der Waals surface area contributed by atoms with Crippen LogP contribution in [0.25, 0.3) is 0 Å². The van der Waals surface area contributed by atoms with Crippen LogP contribution < -0.4 is 5.32 Å². The highest BCUT2D eigenvalue weighted by Gasteiger charge is 2.13. The molecule has 1 N–H and O–H groups in total. The van der Waals surface area contributed by atoms with E-state index in [0.717, 1.165) is 13.0 Å². The maximum absolute atomic E-state index is 3.49. The molecular weight excluding hydrogens is 158 g/mol. The second-order valence-corrected chi connectivity index (χ2v) is 3.63. The summed E-state index contributed by atoms with van der Waals surface area (Å²) in [5, 5.41) is 3.49. The third kappa shape index (κ3) is 1.99. The third-order valence-electron chi connectivity index (χ3n) is 2.54. The molecule has 0 radical (unpaired) electrons. The van der Waals surface area contributed by atoms with E-state index in [0.29, 0.717) is 6.04 Å². The lowest BCUT2D eigenvalue weighted by atomic mass is 9.97. The van der Waals surface area contributed by atoms with Gasteiger partial charge in [0.15, 0.2) is 0 Å². The first-order valence-corrected chi connectivity index (χ1v) is 4.80. The predicted molar refractivity (Wildman–Crippen MR) is 55.6 cm³/mol. The molecule has 0 amide bonds. The molecule has 1 aliphatic rings. The Bertz CT molecular complexity index is 300. The van der Waals surface area contributed by atoms with Gasteiger partial charge >= 0.3 is 0 Å². The Morgan fingerprint density at radius 2 is 2.00 bits per heavy atom. The molecule has 0 aliphatic carbocycles. The molecule has 1 unspecified atom stereocenters. The van der Waals surface area contributed by atoms with E-state index >= 15 is 0 Å². The summed E-state index contributed by atoms with van der Waals surface area (Å²) in [6.45, 7) is 3.21. The van der Waals surface area contributed by atoms with E-state index in [-0.39, 0.29) is 0 Å². The van der Waals surface area contributed by atoms with Gasteiger partial charge in [-0.1, -0.05) is 42.0 Å². The molecule has 1 atom stereocenters. The van der Waals surface area contributed by atoms with Crippen molar-refractivity contribution in [2.75, 3.05) is 6.54 Å². The Hall–Kier alpha value is -1.08. The van der Waals surface area contributed by atoms with Gasteiger partial charge < -0.3 is 5.32 Å². The van der Waals surface area contributed by atoms with Gasteiger partial charge in [0.05, 0.1) is 0 Å². The van der Waals surface area contributed by atoms with Gasteiger partial charge in [-0.2, -0.15) is 0 Å². The monoisotopic (exact) mass is 173 g/mol. The normalized spacial score (nSPS) is 22.5. The summed E-state index contributed by atoms with van der Waals surface area (Å²) in [6.07, 6.45) is 3.41. The lowest BCUT2D eigenvalue weighted by Crippen LogP contribution is -2.25. The van der Waals surface area contributed by atoms with Gasteiger partial charge in [-0.15, -0.1) is 0 Å². The summed E-state index contributed by atoms with van der Waals surface area (Å²) in [6, 6.07) is 11.2. The average molecular weight is 173 g/mol. The maximum Gasteiger partial charge on any atom is 0.0360 e. The van der Waals surface area contributed by atoms with Crippen molar-refractivity contribution >= 4 is 0 Å². The minimum absolute atomic E-state index is 0.520. The molecule has 0 saturated carbocycles. The summed E-state index contributed by atoms with van der Waals surface area (Å²) < 4.78 is 0. The van der Waals surface area contributed by atoms with Gasteiger partial charge in [-0.25, -0.2) is 0 Å². The van der Waals surface area contributed by atoms with Crippen LogP contribution in [0, 0.1) is 0 Å². The Labute approximate surface area is 79.5 Å². The smallest absolute Gasteiger partial charge is 0.0360 e. The van der Waals surface area contributed by atoms with Crippen molar-refractivity contribution in [3.8, 4) is 0 Å². The van der Waals surface area contributed by atoms with Crippen molar-refractivity contribution in [3.63, 3.8) is 0 Å². The van der Waals surface area contributed by atoms with Gasteiger partial charge in [-0.05, 0) is 18.9 Å². The zero-order valence-electron chi connectivity index (χ0n) is 7.96. The van der Waals surface area contributed by atoms with Gasteiger partial charge in [0.1, 0.15) is 0 Å². The molecule has 1 heterocycles. The molecule has 0 fully saturated rings. The Kier molecular flexibility index (Phi) is 2.46. The quantitative estimate of drug-likeness (QED) is 0.644. The van der Waals surface area contributed by atoms with Gasteiger partial charge in [0.2, 0.25) is 0 Å². The van der Waals surface area contributed by atoms with Crippen LogP contribution in [-0.4, -0.2) is 6.54 Å². The predicted octanol–water partition coefficient (Wildman–Crippen LogP) is 2.67. The Morgan fingerprint density at radius 3 is 2.69 bits per heavy atom. The SMILES string of the molecule is CC1=CCNC(c2ccccc2)C1. The molecule has 0 saturated heterocycles. The number of nitrogens with one attached hydrogen (secondary N) is 1. The second-order valence-electron chi connectivity index (χ2n) is 3.63. The summed E-state index contributed by atoms with van der Waals surface area (Å²) in [5.74, 6) is 0. The largest absolute Gasteiger partial charge is 0.306 e. The topological polar surface area (TPSA) is 12.0 Å². The second kappa shape index (κ2) is 3.75. The van der Waals surface area contributed by atoms with Crippen LogP contribution in [0.2, 0.25) is 0 Å². The lowest BCUT2D eigenvalue weighted by Gasteiger charge is -2.23. The maximum atomic E-state index is 3.49. The van der Waals surface area contributed by atoms with Crippen molar-refractivity contribution in [1.82, 2.24) is 5.32 Å². The van der Waals surface area contributed by atoms with Crippen LogP contribution in [0.5, 0.6) is 0 Å². The first-order valence-electron chi connectivity index (χ1n) is 4.80. The molecule has 1 aromatic carbocycles. The fourth-order valence-corrected chi connectivity index (χ4v) is 1.77. The van der Waals surface area contributed by atoms with Crippen LogP contribution >= 0.6 is 0 Å². The third-order valence-corrected chi connectivity index (χ3v) is 2.54. The van der Waals surface area contributed by atoms with E-state index in [9.17, 15) is 0 Å². The van der Waals surface area contributed by atoms with Gasteiger partial charge in [-0.3, -0.25) is 0 Å². The Balaban J connectivity index is 2.15. The first kappa shape index (κ1) is 8.52. The molecule has 1 aliphatic heterocycles. The number of benzene rings is 1. The zero-order chi connectivity index (χ0) is 9.10. The number of hydrogen-bond donors (Lipinski definition) is 1. The van der Waals surface area contributed by atoms with Crippen molar-refractivity contribution in [3.05, 3.63) is 47.5 Å². The molecular formula is C12H15N. The minimum atomic E-state index is 0.520. The molecule has 13 heavy (non-hydrogen) atoms. The van der Waals surface area contributed by atoms with Crippen LogP contribution in [0.4, 0.5) is 0 Å². The standard InChI is InChI=1S/C12H15N/c1-10-7-8-13-12(9-10)11-5-3-2-4-6-11/h2-7,12-13H,8-9H2,1H3. The highest BCUT2D eigenvalue weighted by atomic mass is 14.9. The lowest BCUT2D eigenvalue weighted by molar-refractivity contribution is 0.538. The number of rotatable bonds is 1. The van der Waals surface area contributed by atoms with Crippen LogP contribution in [0.3, 0.4) is 0 Å². The summed E-state index contributed by atoms with van der Waals surface area (Å²) >= 11 is 0. The van der Waals surface area contributed by atoms with E-state index in [4.69, 9.17) is 0 Å². The minimum Gasteiger partial charge on any atom is -0.306 e. The summed E-state index contributed by atoms with van der Waals surface area (Å²) in [7, 11) is 0. The summed E-state index contributed by atoms with van der Waals surface area (Å²) in [4.78, 5) is 0. The van der Waals surface area contributed by atoms with Gasteiger partial charge in [0.25, 0.3) is 0 Å². The zero-order valence-corrected chi connectivity index (χ0v) is 7.96. The van der Waals surface area contributed by atoms with Crippen LogP contribution in [-0.2, 0) is 0 Å². The molecule has 0 bridgehead atoms.